The zero-order chi connectivity index (χ0) is 21.0. The van der Waals surface area contributed by atoms with Gasteiger partial charge < -0.3 is 15.3 Å². The predicted molar refractivity (Wildman–Crippen MR) is 124 cm³/mol. The summed E-state index contributed by atoms with van der Waals surface area (Å²) in [6.45, 7) is 0. The van der Waals surface area contributed by atoms with Crippen molar-refractivity contribution in [2.45, 2.75) is 166 Å². The third kappa shape index (κ3) is 16.3. The fourth-order valence-corrected chi connectivity index (χ4v) is 4.66. The minimum absolute atomic E-state index is 0.300. The van der Waals surface area contributed by atoms with Gasteiger partial charge in [0.2, 0.25) is 0 Å². The van der Waals surface area contributed by atoms with E-state index in [1.54, 1.807) is 0 Å². The highest BCUT2D eigenvalue weighted by Gasteiger charge is 2.31. The van der Waals surface area contributed by atoms with E-state index in [2.05, 4.69) is 0 Å². The fraction of sp³-hybridized carbons (Fsp3) is 1.00. The van der Waals surface area contributed by atoms with Crippen molar-refractivity contribution in [3.63, 3.8) is 0 Å². The summed E-state index contributed by atoms with van der Waals surface area (Å²) < 4.78 is 0. The van der Waals surface area contributed by atoms with E-state index in [4.69, 9.17) is 0 Å². The second-order valence-electron chi connectivity index (χ2n) is 9.71. The van der Waals surface area contributed by atoms with Gasteiger partial charge in [-0.05, 0) is 12.8 Å². The molecule has 0 amide bonds. The first kappa shape index (κ1) is 26.9. The van der Waals surface area contributed by atoms with Crippen molar-refractivity contribution in [2.24, 2.45) is 0 Å². The Balaban J connectivity index is 2.21. The van der Waals surface area contributed by atoms with Crippen LogP contribution in [0.4, 0.5) is 0 Å². The lowest BCUT2D eigenvalue weighted by Crippen LogP contribution is -2.42. The van der Waals surface area contributed by atoms with E-state index in [1.807, 2.05) is 0 Å². The van der Waals surface area contributed by atoms with Crippen LogP contribution in [0.1, 0.15) is 154 Å². The zero-order valence-electron chi connectivity index (χ0n) is 19.4. The molecular formula is C26H52O3. The molecule has 1 atom stereocenters. The Kier molecular flexibility index (Phi) is 17.3. The van der Waals surface area contributed by atoms with Gasteiger partial charge in [-0.25, -0.2) is 0 Å². The van der Waals surface area contributed by atoms with Crippen molar-refractivity contribution in [1.29, 1.82) is 0 Å². The van der Waals surface area contributed by atoms with Gasteiger partial charge in [0.1, 0.15) is 6.10 Å². The normalized spacial score (nSPS) is 27.2. The third-order valence-corrected chi connectivity index (χ3v) is 6.81. The van der Waals surface area contributed by atoms with Gasteiger partial charge in [-0.15, -0.1) is 0 Å². The number of aliphatic hydroxyl groups excluding tert-OH is 1. The Morgan fingerprint density at radius 3 is 0.931 bits per heavy atom. The first-order valence-corrected chi connectivity index (χ1v) is 13.3. The van der Waals surface area contributed by atoms with Crippen LogP contribution in [-0.4, -0.2) is 27.2 Å². The second kappa shape index (κ2) is 18.6. The molecule has 1 aliphatic carbocycles. The van der Waals surface area contributed by atoms with Crippen molar-refractivity contribution in [1.82, 2.24) is 0 Å². The molecular weight excluding hydrogens is 360 g/mol. The predicted octanol–water partition coefficient (Wildman–Crippen LogP) is 7.40. The van der Waals surface area contributed by atoms with Crippen LogP contribution < -0.4 is 0 Å². The molecule has 0 saturated heterocycles. The van der Waals surface area contributed by atoms with Gasteiger partial charge in [0, 0.05) is 6.42 Å². The molecule has 3 heteroatoms. The molecule has 0 heterocycles. The molecule has 0 radical (unpaired) electrons. The first-order chi connectivity index (χ1) is 14.1. The highest BCUT2D eigenvalue weighted by Crippen LogP contribution is 2.22. The van der Waals surface area contributed by atoms with E-state index in [0.717, 1.165) is 25.7 Å². The van der Waals surface area contributed by atoms with E-state index in [9.17, 15) is 15.3 Å². The van der Waals surface area contributed by atoms with E-state index in [1.165, 1.54) is 116 Å². The molecule has 1 fully saturated rings. The maximum atomic E-state index is 10.2. The Bertz CT molecular complexity index is 343. The van der Waals surface area contributed by atoms with Gasteiger partial charge in [-0.2, -0.15) is 0 Å². The summed E-state index contributed by atoms with van der Waals surface area (Å²) in [6.07, 6.45) is 28.0. The van der Waals surface area contributed by atoms with Crippen LogP contribution in [0.2, 0.25) is 0 Å². The van der Waals surface area contributed by atoms with Crippen molar-refractivity contribution in [2.75, 3.05) is 0 Å². The van der Waals surface area contributed by atoms with Crippen LogP contribution in [0.25, 0.3) is 0 Å². The Morgan fingerprint density at radius 1 is 0.379 bits per heavy atom. The van der Waals surface area contributed by atoms with E-state index >= 15 is 0 Å². The van der Waals surface area contributed by atoms with Crippen LogP contribution in [0.3, 0.4) is 0 Å². The van der Waals surface area contributed by atoms with E-state index in [-0.39, 0.29) is 0 Å². The summed E-state index contributed by atoms with van der Waals surface area (Å²) in [5.74, 6) is -1.90. The minimum Gasteiger partial charge on any atom is -0.388 e. The quantitative estimate of drug-likeness (QED) is 0.363. The van der Waals surface area contributed by atoms with Gasteiger partial charge in [-0.1, -0.05) is 135 Å². The second-order valence-corrected chi connectivity index (χ2v) is 9.71. The summed E-state index contributed by atoms with van der Waals surface area (Å²) in [4.78, 5) is 0. The molecule has 1 unspecified atom stereocenters. The fourth-order valence-electron chi connectivity index (χ4n) is 4.66. The molecule has 3 N–H and O–H groups in total. The van der Waals surface area contributed by atoms with Gasteiger partial charge in [0.25, 0.3) is 0 Å². The largest absolute Gasteiger partial charge is 0.388 e. The topological polar surface area (TPSA) is 60.7 Å². The Labute approximate surface area is 181 Å². The molecule has 1 rings (SSSR count). The SMILES string of the molecule is OC1CCCCCCCCCCCCCCCCCCCCCCCCC1(O)O. The Hall–Kier alpha value is -0.120. The number of aliphatic hydroxyl groups is 3. The van der Waals surface area contributed by atoms with Gasteiger partial charge in [0.05, 0.1) is 0 Å². The van der Waals surface area contributed by atoms with Crippen LogP contribution >= 0.6 is 0 Å². The molecule has 174 valence electrons. The number of hydrogen-bond acceptors (Lipinski definition) is 3. The van der Waals surface area contributed by atoms with Crippen LogP contribution in [0.5, 0.6) is 0 Å². The average Bonchev–Trinajstić information content (AvgIpc) is 2.70. The first-order valence-electron chi connectivity index (χ1n) is 13.3. The highest BCUT2D eigenvalue weighted by atomic mass is 16.5. The maximum absolute atomic E-state index is 10.2. The lowest BCUT2D eigenvalue weighted by molar-refractivity contribution is -0.230. The smallest absolute Gasteiger partial charge is 0.189 e. The highest BCUT2D eigenvalue weighted by molar-refractivity contribution is 4.75. The van der Waals surface area contributed by atoms with Gasteiger partial charge >= 0.3 is 0 Å². The molecule has 0 bridgehead atoms. The molecule has 29 heavy (non-hydrogen) atoms. The number of rotatable bonds is 0. The summed E-state index contributed by atoms with van der Waals surface area (Å²) >= 11 is 0. The maximum Gasteiger partial charge on any atom is 0.189 e. The van der Waals surface area contributed by atoms with Crippen molar-refractivity contribution < 1.29 is 15.3 Å². The van der Waals surface area contributed by atoms with E-state index < -0.39 is 11.9 Å². The number of hydrogen-bond donors (Lipinski definition) is 3. The molecule has 1 aliphatic rings. The third-order valence-electron chi connectivity index (χ3n) is 6.81. The van der Waals surface area contributed by atoms with Gasteiger partial charge in [0.15, 0.2) is 5.79 Å². The molecule has 0 aliphatic heterocycles. The molecule has 1 saturated carbocycles. The standard InChI is InChI=1S/C26H52O3/c27-25-23-21-19-17-15-13-11-9-7-5-3-1-2-4-6-8-10-12-14-16-18-20-22-24-26(25,28)29/h25,27-29H,1-24H2. The van der Waals surface area contributed by atoms with Crippen LogP contribution in [0, 0.1) is 0 Å². The van der Waals surface area contributed by atoms with Crippen molar-refractivity contribution in [3.8, 4) is 0 Å². The summed E-state index contributed by atoms with van der Waals surface area (Å²) in [7, 11) is 0. The van der Waals surface area contributed by atoms with Crippen molar-refractivity contribution in [3.05, 3.63) is 0 Å². The average molecular weight is 413 g/mol. The molecule has 0 aromatic heterocycles. The summed E-state index contributed by atoms with van der Waals surface area (Å²) in [5.41, 5.74) is 0. The molecule has 3 nitrogen and oxygen atoms in total. The summed E-state index contributed by atoms with van der Waals surface area (Å²) in [6, 6.07) is 0. The molecule has 0 aromatic rings. The lowest BCUT2D eigenvalue weighted by Gasteiger charge is -2.27. The monoisotopic (exact) mass is 412 g/mol. The zero-order valence-corrected chi connectivity index (χ0v) is 19.4. The van der Waals surface area contributed by atoms with Crippen molar-refractivity contribution >= 4 is 0 Å². The van der Waals surface area contributed by atoms with Crippen LogP contribution in [0.15, 0.2) is 0 Å². The molecule has 0 aromatic carbocycles. The van der Waals surface area contributed by atoms with E-state index in [0.29, 0.717) is 12.8 Å². The lowest BCUT2D eigenvalue weighted by atomic mass is 9.96. The summed E-state index contributed by atoms with van der Waals surface area (Å²) in [5, 5.41) is 30.5. The minimum atomic E-state index is -1.90. The van der Waals surface area contributed by atoms with Crippen LogP contribution in [-0.2, 0) is 0 Å². The van der Waals surface area contributed by atoms with Gasteiger partial charge in [-0.3, -0.25) is 0 Å². The molecule has 0 spiro atoms. The Morgan fingerprint density at radius 2 is 0.621 bits per heavy atom.